The van der Waals surface area contributed by atoms with Gasteiger partial charge in [-0.25, -0.2) is 0 Å². The van der Waals surface area contributed by atoms with E-state index in [4.69, 9.17) is 9.47 Å². The summed E-state index contributed by atoms with van der Waals surface area (Å²) in [6.07, 6.45) is 3.88. The maximum absolute atomic E-state index is 11.8. The Hall–Kier alpha value is -1.47. The van der Waals surface area contributed by atoms with Crippen LogP contribution in [-0.4, -0.2) is 56.6 Å². The molecule has 24 heavy (non-hydrogen) atoms. The highest BCUT2D eigenvalue weighted by Gasteiger charge is 2.25. The fourth-order valence-corrected chi connectivity index (χ4v) is 2.78. The van der Waals surface area contributed by atoms with Crippen LogP contribution in [-0.2, 0) is 23.9 Å². The van der Waals surface area contributed by atoms with Crippen LogP contribution < -0.4 is 10.6 Å². The molecular weight excluding hydrogens is 312 g/mol. The zero-order valence-corrected chi connectivity index (χ0v) is 14.8. The van der Waals surface area contributed by atoms with Crippen LogP contribution in [0, 0.1) is 5.92 Å². The van der Waals surface area contributed by atoms with Crippen LogP contribution in [0.25, 0.3) is 0 Å². The van der Waals surface area contributed by atoms with Crippen LogP contribution in [0.15, 0.2) is 0 Å². The maximum Gasteiger partial charge on any atom is 0.246 e. The number of Topliss-reactive ketones (excluding diaryl/α,β-unsaturated/α-hetero) is 1. The minimum absolute atomic E-state index is 0.0541. The Labute approximate surface area is 143 Å². The van der Waals surface area contributed by atoms with Crippen molar-refractivity contribution >= 4 is 17.6 Å². The van der Waals surface area contributed by atoms with Gasteiger partial charge in [-0.1, -0.05) is 6.92 Å². The molecule has 1 saturated carbocycles. The van der Waals surface area contributed by atoms with E-state index in [1.54, 1.807) is 0 Å². The molecule has 1 fully saturated rings. The molecule has 138 valence electrons. The van der Waals surface area contributed by atoms with Gasteiger partial charge in [0.1, 0.15) is 12.4 Å². The van der Waals surface area contributed by atoms with Gasteiger partial charge in [-0.3, -0.25) is 14.4 Å². The molecule has 2 amide bonds. The van der Waals surface area contributed by atoms with Gasteiger partial charge >= 0.3 is 0 Å². The molecule has 0 spiro atoms. The fourth-order valence-electron chi connectivity index (χ4n) is 2.78. The standard InChI is InChI=1S/C17H30N2O5/c1-3-15(20)13-5-7-14(8-6-13)19-16(21)11-18-17(22)12-24-10-9-23-4-2/h13-14H,3-12H2,1-2H3,(H,18,22)(H,19,21). The van der Waals surface area contributed by atoms with Crippen molar-refractivity contribution in [3.05, 3.63) is 0 Å². The fraction of sp³-hybridized carbons (Fsp3) is 0.824. The summed E-state index contributed by atoms with van der Waals surface area (Å²) in [5.74, 6) is -0.0603. The molecule has 0 saturated heterocycles. The average Bonchev–Trinajstić information content (AvgIpc) is 2.59. The second-order valence-corrected chi connectivity index (χ2v) is 5.96. The van der Waals surface area contributed by atoms with Crippen molar-refractivity contribution in [2.45, 2.75) is 52.0 Å². The van der Waals surface area contributed by atoms with Crippen molar-refractivity contribution < 1.29 is 23.9 Å². The zero-order chi connectivity index (χ0) is 17.8. The lowest BCUT2D eigenvalue weighted by Gasteiger charge is -2.28. The lowest BCUT2D eigenvalue weighted by molar-refractivity contribution is -0.129. The number of amides is 2. The lowest BCUT2D eigenvalue weighted by atomic mass is 9.83. The Morgan fingerprint density at radius 2 is 1.62 bits per heavy atom. The largest absolute Gasteiger partial charge is 0.379 e. The number of carbonyl (C=O) groups is 3. The van der Waals surface area contributed by atoms with Crippen LogP contribution in [0.4, 0.5) is 0 Å². The number of hydrogen-bond acceptors (Lipinski definition) is 5. The van der Waals surface area contributed by atoms with E-state index in [1.807, 2.05) is 13.8 Å². The van der Waals surface area contributed by atoms with Gasteiger partial charge in [0, 0.05) is 25.0 Å². The third-order valence-corrected chi connectivity index (χ3v) is 4.15. The number of rotatable bonds is 11. The molecule has 1 aliphatic rings. The molecule has 7 heteroatoms. The minimum atomic E-state index is -0.320. The summed E-state index contributed by atoms with van der Waals surface area (Å²) in [6.45, 7) is 5.07. The Balaban J connectivity index is 2.10. The summed E-state index contributed by atoms with van der Waals surface area (Å²) >= 11 is 0. The van der Waals surface area contributed by atoms with Gasteiger partial charge in [0.25, 0.3) is 0 Å². The third-order valence-electron chi connectivity index (χ3n) is 4.15. The number of ether oxygens (including phenoxy) is 2. The molecule has 0 bridgehead atoms. The molecule has 0 atom stereocenters. The molecule has 2 N–H and O–H groups in total. The van der Waals surface area contributed by atoms with Crippen LogP contribution in [0.5, 0.6) is 0 Å². The normalized spacial score (nSPS) is 20.4. The van der Waals surface area contributed by atoms with Crippen LogP contribution in [0.2, 0.25) is 0 Å². The molecule has 0 radical (unpaired) electrons. The quantitative estimate of drug-likeness (QED) is 0.542. The van der Waals surface area contributed by atoms with Gasteiger partial charge in [0.2, 0.25) is 11.8 Å². The molecule has 0 heterocycles. The highest BCUT2D eigenvalue weighted by molar-refractivity contribution is 5.85. The third kappa shape index (κ3) is 8.40. The molecule has 1 aliphatic carbocycles. The van der Waals surface area contributed by atoms with Crippen LogP contribution in [0.3, 0.4) is 0 Å². The first-order valence-electron chi connectivity index (χ1n) is 8.81. The van der Waals surface area contributed by atoms with Gasteiger partial charge in [0.15, 0.2) is 0 Å². The van der Waals surface area contributed by atoms with Gasteiger partial charge in [-0.15, -0.1) is 0 Å². The van der Waals surface area contributed by atoms with Crippen molar-refractivity contribution in [2.24, 2.45) is 5.92 Å². The Morgan fingerprint density at radius 1 is 0.958 bits per heavy atom. The molecule has 0 unspecified atom stereocenters. The molecule has 1 rings (SSSR count). The van der Waals surface area contributed by atoms with E-state index in [0.29, 0.717) is 32.0 Å². The van der Waals surface area contributed by atoms with Crippen molar-refractivity contribution in [3.63, 3.8) is 0 Å². The number of carbonyl (C=O) groups excluding carboxylic acids is 3. The summed E-state index contributed by atoms with van der Waals surface area (Å²) in [7, 11) is 0. The Morgan fingerprint density at radius 3 is 2.25 bits per heavy atom. The van der Waals surface area contributed by atoms with E-state index in [9.17, 15) is 14.4 Å². The van der Waals surface area contributed by atoms with Crippen molar-refractivity contribution in [2.75, 3.05) is 33.0 Å². The van der Waals surface area contributed by atoms with Crippen molar-refractivity contribution in [1.29, 1.82) is 0 Å². The number of nitrogens with one attached hydrogen (secondary N) is 2. The van der Waals surface area contributed by atoms with Gasteiger partial charge in [-0.05, 0) is 32.6 Å². The van der Waals surface area contributed by atoms with Gasteiger partial charge < -0.3 is 20.1 Å². The topological polar surface area (TPSA) is 93.7 Å². The molecule has 0 aromatic carbocycles. The summed E-state index contributed by atoms with van der Waals surface area (Å²) in [5.41, 5.74) is 0. The van der Waals surface area contributed by atoms with E-state index in [1.165, 1.54) is 0 Å². The molecule has 0 aromatic heterocycles. The predicted molar refractivity (Wildman–Crippen MR) is 89.5 cm³/mol. The molecule has 0 aliphatic heterocycles. The van der Waals surface area contributed by atoms with E-state index >= 15 is 0 Å². The van der Waals surface area contributed by atoms with Gasteiger partial charge in [0.05, 0.1) is 19.8 Å². The lowest BCUT2D eigenvalue weighted by Crippen LogP contribution is -2.44. The second kappa shape index (κ2) is 12.0. The monoisotopic (exact) mass is 342 g/mol. The van der Waals surface area contributed by atoms with E-state index < -0.39 is 0 Å². The first-order valence-corrected chi connectivity index (χ1v) is 8.81. The molecule has 7 nitrogen and oxygen atoms in total. The summed E-state index contributed by atoms with van der Waals surface area (Å²) in [4.78, 5) is 35.0. The smallest absolute Gasteiger partial charge is 0.246 e. The van der Waals surface area contributed by atoms with Gasteiger partial charge in [-0.2, -0.15) is 0 Å². The van der Waals surface area contributed by atoms with Crippen LogP contribution >= 0.6 is 0 Å². The minimum Gasteiger partial charge on any atom is -0.379 e. The van der Waals surface area contributed by atoms with E-state index in [-0.39, 0.29) is 36.9 Å². The number of ketones is 1. The van der Waals surface area contributed by atoms with Crippen LogP contribution in [0.1, 0.15) is 46.0 Å². The Bertz CT molecular complexity index is 406. The second-order valence-electron chi connectivity index (χ2n) is 5.96. The first-order chi connectivity index (χ1) is 11.6. The zero-order valence-electron chi connectivity index (χ0n) is 14.8. The molecule has 0 aromatic rings. The Kier molecular flexibility index (Phi) is 10.3. The predicted octanol–water partition coefficient (Wildman–Crippen LogP) is 0.810. The van der Waals surface area contributed by atoms with E-state index in [0.717, 1.165) is 25.7 Å². The maximum atomic E-state index is 11.8. The summed E-state index contributed by atoms with van der Waals surface area (Å²) in [5, 5.41) is 5.44. The SMILES string of the molecule is CCOCCOCC(=O)NCC(=O)NC1CCC(C(=O)CC)CC1. The average molecular weight is 342 g/mol. The first kappa shape index (κ1) is 20.6. The number of hydrogen-bond donors (Lipinski definition) is 2. The molecular formula is C17H30N2O5. The highest BCUT2D eigenvalue weighted by atomic mass is 16.5. The van der Waals surface area contributed by atoms with Crippen molar-refractivity contribution in [3.8, 4) is 0 Å². The van der Waals surface area contributed by atoms with Crippen molar-refractivity contribution in [1.82, 2.24) is 10.6 Å². The van der Waals surface area contributed by atoms with E-state index in [2.05, 4.69) is 10.6 Å². The highest BCUT2D eigenvalue weighted by Crippen LogP contribution is 2.25. The summed E-state index contributed by atoms with van der Waals surface area (Å²) in [6, 6.07) is 0.0951. The summed E-state index contributed by atoms with van der Waals surface area (Å²) < 4.78 is 10.2.